The predicted molar refractivity (Wildman–Crippen MR) is 125 cm³/mol. The molecule has 0 saturated carbocycles. The Morgan fingerprint density at radius 1 is 1.11 bits per heavy atom. The lowest BCUT2D eigenvalue weighted by Gasteiger charge is -2.14. The van der Waals surface area contributed by atoms with Crippen molar-refractivity contribution >= 4 is 27.8 Å². The molecule has 0 spiro atoms. The molecule has 0 unspecified atom stereocenters. The van der Waals surface area contributed by atoms with Gasteiger partial charge in [-0.1, -0.05) is 18.5 Å². The number of halogens is 3. The van der Waals surface area contributed by atoms with Crippen LogP contribution in [0.15, 0.2) is 41.1 Å². The van der Waals surface area contributed by atoms with Gasteiger partial charge < -0.3 is 28.4 Å². The third-order valence-electron chi connectivity index (χ3n) is 5.64. The molecule has 0 saturated heterocycles. The first-order chi connectivity index (χ1) is 17.2. The van der Waals surface area contributed by atoms with Gasteiger partial charge in [-0.2, -0.15) is 13.2 Å². The molecule has 192 valence electrons. The lowest BCUT2D eigenvalue weighted by atomic mass is 10.0. The van der Waals surface area contributed by atoms with E-state index in [2.05, 4.69) is 5.16 Å². The number of nitrogens with zero attached hydrogens (tertiary/aromatic N) is 2. The summed E-state index contributed by atoms with van der Waals surface area (Å²) in [6.07, 6.45) is -1.25. The van der Waals surface area contributed by atoms with Crippen LogP contribution < -0.4 is 14.2 Å². The maximum atomic E-state index is 13.2. The Hall–Kier alpha value is -3.89. The number of aryl methyl sites for hydroxylation is 1. The number of hydrogen-bond acceptors (Lipinski definition) is 6. The molecule has 0 amide bonds. The summed E-state index contributed by atoms with van der Waals surface area (Å²) >= 11 is 0. The highest BCUT2D eigenvalue weighted by molar-refractivity contribution is 5.86. The van der Waals surface area contributed by atoms with Gasteiger partial charge in [0, 0.05) is 29.6 Å². The van der Waals surface area contributed by atoms with Gasteiger partial charge in [0.05, 0.1) is 31.2 Å². The maximum absolute atomic E-state index is 13.2. The number of rotatable bonds is 11. The minimum atomic E-state index is -4.60. The van der Waals surface area contributed by atoms with Crippen LogP contribution >= 0.6 is 0 Å². The van der Waals surface area contributed by atoms with Crippen LogP contribution in [0.2, 0.25) is 0 Å². The molecule has 2 heterocycles. The molecule has 4 aromatic rings. The first-order valence-electron chi connectivity index (χ1n) is 11.4. The van der Waals surface area contributed by atoms with Gasteiger partial charge in [-0.25, -0.2) is 0 Å². The van der Waals surface area contributed by atoms with Crippen molar-refractivity contribution in [1.82, 2.24) is 9.72 Å². The smallest absolute Gasteiger partial charge is 0.437 e. The fraction of sp³-hybridized carbons (Fsp3) is 0.360. The zero-order chi connectivity index (χ0) is 25.9. The average molecular weight is 506 g/mol. The van der Waals surface area contributed by atoms with Gasteiger partial charge in [0.15, 0.2) is 22.8 Å². The summed E-state index contributed by atoms with van der Waals surface area (Å²) in [4.78, 5) is 11.1. The highest BCUT2D eigenvalue weighted by Crippen LogP contribution is 2.38. The van der Waals surface area contributed by atoms with Gasteiger partial charge in [-0.05, 0) is 30.7 Å². The molecule has 0 aliphatic heterocycles. The van der Waals surface area contributed by atoms with Crippen molar-refractivity contribution in [2.45, 2.75) is 38.9 Å². The fourth-order valence-corrected chi connectivity index (χ4v) is 4.04. The molecule has 2 aromatic carbocycles. The number of carbonyl (C=O) groups is 1. The van der Waals surface area contributed by atoms with Crippen LogP contribution in [-0.2, 0) is 23.9 Å². The van der Waals surface area contributed by atoms with Crippen LogP contribution in [0.3, 0.4) is 0 Å². The van der Waals surface area contributed by atoms with Crippen LogP contribution in [0.25, 0.3) is 21.9 Å². The Bertz CT molecular complexity index is 1380. The Morgan fingerprint density at radius 2 is 1.86 bits per heavy atom. The number of alkyl halides is 3. The predicted octanol–water partition coefficient (Wildman–Crippen LogP) is 5.69. The van der Waals surface area contributed by atoms with Crippen molar-refractivity contribution in [2.24, 2.45) is 0 Å². The molecule has 0 fully saturated rings. The van der Waals surface area contributed by atoms with E-state index in [9.17, 15) is 18.0 Å². The van der Waals surface area contributed by atoms with Crippen molar-refractivity contribution in [3.8, 4) is 17.2 Å². The fourth-order valence-electron chi connectivity index (χ4n) is 4.04. The average Bonchev–Trinajstić information content (AvgIpc) is 3.43. The quantitative estimate of drug-likeness (QED) is 0.261. The third-order valence-corrected chi connectivity index (χ3v) is 5.64. The molecule has 36 heavy (non-hydrogen) atoms. The van der Waals surface area contributed by atoms with E-state index in [4.69, 9.17) is 23.8 Å². The minimum Gasteiger partial charge on any atom is -0.493 e. The molecule has 4 rings (SSSR count). The van der Waals surface area contributed by atoms with Crippen LogP contribution in [-0.4, -0.2) is 41.1 Å². The van der Waals surface area contributed by atoms with Gasteiger partial charge in [-0.3, -0.25) is 4.79 Å². The Morgan fingerprint density at radius 3 is 2.53 bits per heavy atom. The monoisotopic (exact) mass is 506 g/mol. The van der Waals surface area contributed by atoms with Gasteiger partial charge in [0.25, 0.3) is 0 Å². The number of carboxylic acids is 1. The van der Waals surface area contributed by atoms with Crippen molar-refractivity contribution in [3.05, 3.63) is 47.8 Å². The molecule has 0 aliphatic rings. The second kappa shape index (κ2) is 10.4. The zero-order valence-electron chi connectivity index (χ0n) is 19.7. The molecular weight excluding hydrogens is 481 g/mol. The van der Waals surface area contributed by atoms with E-state index in [0.29, 0.717) is 54.2 Å². The number of hydrogen-bond donors (Lipinski definition) is 1. The van der Waals surface area contributed by atoms with Crippen LogP contribution in [0.5, 0.6) is 17.2 Å². The number of aliphatic carboxylic acids is 1. The lowest BCUT2D eigenvalue weighted by molar-refractivity contribution is -0.141. The number of fused-ring (bicyclic) bond motifs is 2. The molecule has 0 bridgehead atoms. The Balaban J connectivity index is 1.41. The molecule has 1 N–H and O–H groups in total. The van der Waals surface area contributed by atoms with Gasteiger partial charge in [0.2, 0.25) is 0 Å². The molecular formula is C25H25F3N2O6. The summed E-state index contributed by atoms with van der Waals surface area (Å²) in [5, 5.41) is 13.0. The third kappa shape index (κ3) is 5.19. The summed E-state index contributed by atoms with van der Waals surface area (Å²) in [6.45, 7) is 2.31. The Kier molecular flexibility index (Phi) is 7.27. The van der Waals surface area contributed by atoms with Crippen LogP contribution in [0, 0.1) is 0 Å². The minimum absolute atomic E-state index is 0.0821. The molecule has 8 nitrogen and oxygen atoms in total. The van der Waals surface area contributed by atoms with E-state index < -0.39 is 17.8 Å². The summed E-state index contributed by atoms with van der Waals surface area (Å²) in [6, 6.07) is 8.13. The van der Waals surface area contributed by atoms with E-state index in [1.807, 2.05) is 6.92 Å². The van der Waals surface area contributed by atoms with Gasteiger partial charge >= 0.3 is 12.1 Å². The Labute approximate surface area is 204 Å². The van der Waals surface area contributed by atoms with Crippen molar-refractivity contribution in [1.29, 1.82) is 0 Å². The lowest BCUT2D eigenvalue weighted by Crippen LogP contribution is -2.08. The summed E-state index contributed by atoms with van der Waals surface area (Å²) in [5.41, 5.74) is 0.312. The van der Waals surface area contributed by atoms with Gasteiger partial charge in [-0.15, -0.1) is 0 Å². The molecule has 11 heteroatoms. The van der Waals surface area contributed by atoms with Crippen LogP contribution in [0.4, 0.5) is 13.2 Å². The number of aromatic nitrogens is 2. The van der Waals surface area contributed by atoms with E-state index in [1.165, 1.54) is 19.2 Å². The van der Waals surface area contributed by atoms with Gasteiger partial charge in [0.1, 0.15) is 12.3 Å². The first kappa shape index (κ1) is 25.2. The summed E-state index contributed by atoms with van der Waals surface area (Å²) in [7, 11) is 1.50. The first-order valence-corrected chi connectivity index (χ1v) is 11.4. The topological polar surface area (TPSA) is 96.0 Å². The zero-order valence-corrected chi connectivity index (χ0v) is 19.7. The summed E-state index contributed by atoms with van der Waals surface area (Å²) < 4.78 is 63.3. The number of methoxy groups -OCH3 is 1. The number of ether oxygens (including phenoxy) is 3. The second-order valence-corrected chi connectivity index (χ2v) is 8.15. The van der Waals surface area contributed by atoms with Crippen molar-refractivity contribution < 1.29 is 41.8 Å². The van der Waals surface area contributed by atoms with Crippen LogP contribution in [0.1, 0.15) is 31.0 Å². The highest BCUT2D eigenvalue weighted by Gasteiger charge is 2.37. The highest BCUT2D eigenvalue weighted by atomic mass is 19.4. The molecule has 0 atom stereocenters. The standard InChI is InChI=1S/C25H25F3N2O6/c1-3-5-16-19(7-6-17-23(16)36-29-24(17)25(26,27)28)34-10-4-11-35-21-12-15-8-9-30(14-22(31)32)18(15)13-20(21)33-2/h6-9,12-13H,3-5,10-11,14H2,1-2H3,(H,31,32). The normalized spacial score (nSPS) is 11.8. The second-order valence-electron chi connectivity index (χ2n) is 8.15. The van der Waals surface area contributed by atoms with Crippen molar-refractivity contribution in [3.63, 3.8) is 0 Å². The van der Waals surface area contributed by atoms with Crippen molar-refractivity contribution in [2.75, 3.05) is 20.3 Å². The summed E-state index contributed by atoms with van der Waals surface area (Å²) in [5.74, 6) is 0.480. The van der Waals surface area contributed by atoms with E-state index in [0.717, 1.165) is 5.39 Å². The molecule has 0 aliphatic carbocycles. The van der Waals surface area contributed by atoms with E-state index >= 15 is 0 Å². The largest absolute Gasteiger partial charge is 0.493 e. The SMILES string of the molecule is CCCc1c(OCCCOc2cc3ccn(CC(=O)O)c3cc2OC)ccc2c(C(F)(F)F)noc12. The number of benzene rings is 2. The maximum Gasteiger partial charge on any atom is 0.437 e. The molecule has 2 aromatic heterocycles. The van der Waals surface area contributed by atoms with E-state index in [1.54, 1.807) is 29.0 Å². The van der Waals surface area contributed by atoms with E-state index in [-0.39, 0.29) is 24.1 Å². The number of carboxylic acid groups (broad SMARTS) is 1. The molecule has 0 radical (unpaired) electrons.